The zero-order chi connectivity index (χ0) is 18.0. The highest BCUT2D eigenvalue weighted by molar-refractivity contribution is 5.53. The summed E-state index contributed by atoms with van der Waals surface area (Å²) in [7, 11) is 0. The molecule has 5 atom stereocenters. The first-order valence-corrected chi connectivity index (χ1v) is 6.66. The van der Waals surface area contributed by atoms with Gasteiger partial charge in [0, 0.05) is 6.07 Å². The van der Waals surface area contributed by atoms with Gasteiger partial charge in [-0.05, 0) is 6.07 Å². The molecule has 0 unspecified atom stereocenters. The van der Waals surface area contributed by atoms with Crippen molar-refractivity contribution in [1.82, 2.24) is 0 Å². The predicted octanol–water partition coefficient (Wildman–Crippen LogP) is -1.32. The smallest absolute Gasteiger partial charge is 0.317 e. The molecular weight excluding hydrogens is 332 g/mol. The molecule has 0 spiro atoms. The maximum absolute atomic E-state index is 11.0. The molecule has 1 fully saturated rings. The van der Waals surface area contributed by atoms with Crippen LogP contribution in [0.2, 0.25) is 0 Å². The van der Waals surface area contributed by atoms with Crippen LogP contribution < -0.4 is 4.74 Å². The maximum atomic E-state index is 11.0. The highest BCUT2D eigenvalue weighted by Crippen LogP contribution is 2.33. The molecule has 1 saturated heterocycles. The van der Waals surface area contributed by atoms with Gasteiger partial charge in [0.2, 0.25) is 12.0 Å². The third kappa shape index (κ3) is 3.42. The highest BCUT2D eigenvalue weighted by Gasteiger charge is 2.45. The van der Waals surface area contributed by atoms with Crippen molar-refractivity contribution >= 4 is 11.4 Å². The third-order valence-electron chi connectivity index (χ3n) is 3.44. The van der Waals surface area contributed by atoms with Crippen LogP contribution in [-0.4, -0.2) is 67.6 Å². The highest BCUT2D eigenvalue weighted by atomic mass is 16.7. The lowest BCUT2D eigenvalue weighted by atomic mass is 9.99. The van der Waals surface area contributed by atoms with E-state index in [-0.39, 0.29) is 0 Å². The number of hydrogen-bond acceptors (Lipinski definition) is 10. The van der Waals surface area contributed by atoms with E-state index >= 15 is 0 Å². The van der Waals surface area contributed by atoms with Crippen molar-refractivity contribution in [1.29, 1.82) is 0 Å². The summed E-state index contributed by atoms with van der Waals surface area (Å²) < 4.78 is 10.2. The van der Waals surface area contributed by atoms with Gasteiger partial charge < -0.3 is 29.9 Å². The van der Waals surface area contributed by atoms with Crippen molar-refractivity contribution in [2.45, 2.75) is 30.7 Å². The van der Waals surface area contributed by atoms with Crippen LogP contribution in [0, 0.1) is 20.2 Å². The molecule has 12 heteroatoms. The Morgan fingerprint density at radius 2 is 1.75 bits per heavy atom. The lowest BCUT2D eigenvalue weighted by Gasteiger charge is -2.39. The molecule has 1 aliphatic rings. The molecule has 0 radical (unpaired) electrons. The van der Waals surface area contributed by atoms with Crippen molar-refractivity contribution in [3.63, 3.8) is 0 Å². The van der Waals surface area contributed by atoms with E-state index < -0.39 is 64.3 Å². The van der Waals surface area contributed by atoms with Gasteiger partial charge in [0.05, 0.1) is 22.5 Å². The molecule has 132 valence electrons. The molecule has 1 aromatic carbocycles. The summed E-state index contributed by atoms with van der Waals surface area (Å²) in [6.45, 7) is -0.701. The van der Waals surface area contributed by atoms with E-state index in [9.17, 15) is 35.5 Å². The Bertz CT molecular complexity index is 636. The van der Waals surface area contributed by atoms with E-state index in [0.29, 0.717) is 6.07 Å². The van der Waals surface area contributed by atoms with Gasteiger partial charge >= 0.3 is 5.69 Å². The van der Waals surface area contributed by atoms with Crippen molar-refractivity contribution in [3.05, 3.63) is 38.4 Å². The number of nitrogens with zero attached hydrogens (tertiary/aromatic N) is 2. The van der Waals surface area contributed by atoms with Crippen LogP contribution in [0.3, 0.4) is 0 Å². The summed E-state index contributed by atoms with van der Waals surface area (Å²) in [6, 6.07) is 2.56. The molecular formula is C12H14N2O10. The first-order valence-electron chi connectivity index (χ1n) is 6.66. The molecule has 24 heavy (non-hydrogen) atoms. The van der Waals surface area contributed by atoms with Crippen LogP contribution in [0.15, 0.2) is 18.2 Å². The minimum Gasteiger partial charge on any atom is -0.455 e. The van der Waals surface area contributed by atoms with Crippen molar-refractivity contribution in [3.8, 4) is 5.75 Å². The minimum absolute atomic E-state index is 0.449. The largest absolute Gasteiger partial charge is 0.455 e. The second-order valence-electron chi connectivity index (χ2n) is 4.98. The summed E-state index contributed by atoms with van der Waals surface area (Å²) in [5.74, 6) is -0.449. The molecule has 1 aromatic rings. The molecule has 4 N–H and O–H groups in total. The van der Waals surface area contributed by atoms with Gasteiger partial charge in [-0.2, -0.15) is 0 Å². The molecule has 0 amide bonds. The number of rotatable bonds is 5. The van der Waals surface area contributed by atoms with Gasteiger partial charge in [-0.15, -0.1) is 0 Å². The zero-order valence-electron chi connectivity index (χ0n) is 12.0. The fourth-order valence-corrected chi connectivity index (χ4v) is 2.15. The molecule has 0 bridgehead atoms. The van der Waals surface area contributed by atoms with E-state index in [4.69, 9.17) is 14.6 Å². The molecule has 0 saturated carbocycles. The minimum atomic E-state index is -1.77. The summed E-state index contributed by atoms with van der Waals surface area (Å²) >= 11 is 0. The van der Waals surface area contributed by atoms with E-state index in [1.807, 2.05) is 0 Å². The van der Waals surface area contributed by atoms with Crippen LogP contribution in [-0.2, 0) is 4.74 Å². The molecule has 0 aliphatic carbocycles. The van der Waals surface area contributed by atoms with Crippen LogP contribution in [0.5, 0.6) is 5.75 Å². The first-order chi connectivity index (χ1) is 11.3. The Morgan fingerprint density at radius 1 is 1.08 bits per heavy atom. The zero-order valence-corrected chi connectivity index (χ0v) is 12.0. The van der Waals surface area contributed by atoms with Crippen LogP contribution in [0.4, 0.5) is 11.4 Å². The van der Waals surface area contributed by atoms with E-state index in [2.05, 4.69) is 0 Å². The number of ether oxygens (including phenoxy) is 2. The topological polar surface area (TPSA) is 186 Å². The van der Waals surface area contributed by atoms with Gasteiger partial charge in [-0.1, -0.05) is 0 Å². The quantitative estimate of drug-likeness (QED) is 0.368. The van der Waals surface area contributed by atoms with E-state index in [0.717, 1.165) is 12.1 Å². The second kappa shape index (κ2) is 7.02. The summed E-state index contributed by atoms with van der Waals surface area (Å²) in [4.78, 5) is 20.0. The predicted molar refractivity (Wildman–Crippen MR) is 74.1 cm³/mol. The Labute approximate surface area is 133 Å². The Morgan fingerprint density at radius 3 is 2.29 bits per heavy atom. The number of benzene rings is 1. The molecule has 0 aromatic heterocycles. The number of nitro groups is 2. The Hall–Kier alpha value is -2.38. The Kier molecular flexibility index (Phi) is 5.26. The van der Waals surface area contributed by atoms with E-state index in [1.165, 1.54) is 0 Å². The molecule has 1 heterocycles. The average Bonchev–Trinajstić information content (AvgIpc) is 2.55. The summed E-state index contributed by atoms with van der Waals surface area (Å²) in [6.07, 6.45) is -8.00. The summed E-state index contributed by atoms with van der Waals surface area (Å²) in [5.41, 5.74) is -1.29. The van der Waals surface area contributed by atoms with Gasteiger partial charge in [-0.25, -0.2) is 0 Å². The lowest BCUT2D eigenvalue weighted by Crippen LogP contribution is -2.60. The normalized spacial score (nSPS) is 29.9. The summed E-state index contributed by atoms with van der Waals surface area (Å²) in [5, 5.41) is 59.9. The van der Waals surface area contributed by atoms with Crippen molar-refractivity contribution in [2.75, 3.05) is 6.61 Å². The van der Waals surface area contributed by atoms with E-state index in [1.54, 1.807) is 0 Å². The van der Waals surface area contributed by atoms with Crippen LogP contribution in [0.25, 0.3) is 0 Å². The number of aliphatic hydroxyl groups is 4. The van der Waals surface area contributed by atoms with Gasteiger partial charge in [-0.3, -0.25) is 20.2 Å². The third-order valence-corrected chi connectivity index (χ3v) is 3.44. The number of nitro benzene ring substituents is 2. The molecule has 2 rings (SSSR count). The van der Waals surface area contributed by atoms with Crippen molar-refractivity contribution in [2.24, 2.45) is 0 Å². The molecule has 1 aliphatic heterocycles. The number of hydrogen-bond donors (Lipinski definition) is 4. The fraction of sp³-hybridized carbons (Fsp3) is 0.500. The number of non-ortho nitro benzene ring substituents is 1. The van der Waals surface area contributed by atoms with Gasteiger partial charge in [0.15, 0.2) is 0 Å². The second-order valence-corrected chi connectivity index (χ2v) is 4.98. The van der Waals surface area contributed by atoms with Crippen molar-refractivity contribution < 1.29 is 39.7 Å². The maximum Gasteiger partial charge on any atom is 0.317 e. The van der Waals surface area contributed by atoms with Gasteiger partial charge in [0.1, 0.15) is 24.4 Å². The SMILES string of the molecule is O=[N+]([O-])c1ccc(O[C@H]2O[C@H](CO)[C@@H](O)[C@H](O)[C@@H]2O)c([N+](=O)[O-])c1. The first kappa shape index (κ1) is 18.0. The molecule has 12 nitrogen and oxygen atoms in total. The van der Waals surface area contributed by atoms with Crippen LogP contribution >= 0.6 is 0 Å². The number of aliphatic hydroxyl groups excluding tert-OH is 4. The van der Waals surface area contributed by atoms with Crippen LogP contribution in [0.1, 0.15) is 0 Å². The monoisotopic (exact) mass is 346 g/mol. The standard InChI is InChI=1S/C12H14N2O10/c15-4-8-9(16)10(17)11(18)12(24-8)23-7-2-1-5(13(19)20)3-6(7)14(21)22/h1-3,8-12,15-18H,4H2/t8-,9-,10+,11+,12+/m1/s1. The Balaban J connectivity index is 2.29. The fourth-order valence-electron chi connectivity index (χ4n) is 2.15. The average molecular weight is 346 g/mol. The lowest BCUT2D eigenvalue weighted by molar-refractivity contribution is -0.395. The van der Waals surface area contributed by atoms with Gasteiger partial charge in [0.25, 0.3) is 5.69 Å².